The minimum Gasteiger partial charge on any atom is -0.633 e. The summed E-state index contributed by atoms with van der Waals surface area (Å²) in [5, 5.41) is 33.6. The number of hydrogen-bond donors (Lipinski definition) is 2. The molecule has 1 fully saturated rings. The van der Waals surface area contributed by atoms with Crippen LogP contribution in [0.3, 0.4) is 0 Å². The molecule has 1 saturated heterocycles. The molecule has 5 nitrogen and oxygen atoms in total. The lowest BCUT2D eigenvalue weighted by atomic mass is 9.53. The summed E-state index contributed by atoms with van der Waals surface area (Å²) in [7, 11) is 1.76. The zero-order chi connectivity index (χ0) is 15.3. The number of aromatic hydroxyl groups is 1. The summed E-state index contributed by atoms with van der Waals surface area (Å²) in [6.45, 7) is 0.524. The molecule has 5 rings (SSSR count). The Bertz CT molecular complexity index is 713. The Morgan fingerprint density at radius 3 is 3.00 bits per heavy atom. The summed E-state index contributed by atoms with van der Waals surface area (Å²) in [5.74, 6) is 0.722. The zero-order valence-corrected chi connectivity index (χ0v) is 12.4. The van der Waals surface area contributed by atoms with Gasteiger partial charge in [-0.25, -0.2) is 0 Å². The largest absolute Gasteiger partial charge is 0.633 e. The second kappa shape index (κ2) is 3.67. The average Bonchev–Trinajstić information content (AvgIpc) is 2.84. The van der Waals surface area contributed by atoms with Crippen molar-refractivity contribution in [3.8, 4) is 11.5 Å². The van der Waals surface area contributed by atoms with E-state index in [1.807, 2.05) is 12.1 Å². The second-order valence-electron chi connectivity index (χ2n) is 7.35. The van der Waals surface area contributed by atoms with Gasteiger partial charge in [0.05, 0.1) is 25.0 Å². The standard InChI is InChI=1S/C17H19NO4/c1-18(21)7-6-17-10-3-5-13(20)16(17)22-15-12(19)4-2-9(14(15)17)8-11(10)18/h2-5,10-11,13,16,19-20H,6-8H2,1H3/t10-,11+,13-,16-,17-,18-/m1/s1. The molecule has 2 bridgehead atoms. The molecule has 5 heteroatoms. The number of phenolic OH excluding ortho intramolecular Hbond substituents is 1. The Kier molecular flexibility index (Phi) is 2.16. The zero-order valence-electron chi connectivity index (χ0n) is 12.4. The van der Waals surface area contributed by atoms with Crippen molar-refractivity contribution in [2.24, 2.45) is 5.92 Å². The van der Waals surface area contributed by atoms with Gasteiger partial charge in [-0.1, -0.05) is 18.2 Å². The predicted octanol–water partition coefficient (Wildman–Crippen LogP) is 1.21. The van der Waals surface area contributed by atoms with Gasteiger partial charge in [-0.05, 0) is 11.6 Å². The molecule has 0 saturated carbocycles. The molecule has 0 aromatic heterocycles. The van der Waals surface area contributed by atoms with Crippen LogP contribution in [0.4, 0.5) is 0 Å². The van der Waals surface area contributed by atoms with E-state index in [1.165, 1.54) is 0 Å². The maximum Gasteiger partial charge on any atom is 0.165 e. The third-order valence-corrected chi connectivity index (χ3v) is 6.38. The molecule has 22 heavy (non-hydrogen) atoms. The summed E-state index contributed by atoms with van der Waals surface area (Å²) in [6, 6.07) is 3.51. The molecule has 1 aromatic carbocycles. The quantitative estimate of drug-likeness (QED) is 0.429. The first-order valence-electron chi connectivity index (χ1n) is 7.90. The number of phenols is 1. The number of nitrogens with zero attached hydrogens (tertiary/aromatic N) is 1. The first-order valence-corrected chi connectivity index (χ1v) is 7.90. The van der Waals surface area contributed by atoms with Crippen LogP contribution < -0.4 is 4.74 Å². The second-order valence-corrected chi connectivity index (χ2v) is 7.35. The van der Waals surface area contributed by atoms with Crippen LogP contribution >= 0.6 is 0 Å². The molecular formula is C17H19NO4. The highest BCUT2D eigenvalue weighted by Crippen LogP contribution is 2.63. The van der Waals surface area contributed by atoms with Crippen molar-refractivity contribution in [2.75, 3.05) is 13.6 Å². The minimum absolute atomic E-state index is 0.0495. The lowest BCUT2D eigenvalue weighted by Crippen LogP contribution is -2.69. The number of quaternary nitrogens is 1. The first kappa shape index (κ1) is 12.9. The number of likely N-dealkylation sites (tertiary alicyclic amines) is 1. The SMILES string of the molecule is C[N@@+]1([O-])CC[C@@]23c4c5ccc(O)c4O[C@@H]2[C@H](O)C=C[C@@H]3[C@@H]1C5. The number of ether oxygens (including phenoxy) is 1. The highest BCUT2D eigenvalue weighted by Gasteiger charge is 2.66. The van der Waals surface area contributed by atoms with Gasteiger partial charge in [-0.2, -0.15) is 0 Å². The van der Waals surface area contributed by atoms with Crippen molar-refractivity contribution < 1.29 is 19.6 Å². The van der Waals surface area contributed by atoms with Gasteiger partial charge >= 0.3 is 0 Å². The number of aliphatic hydroxyl groups excluding tert-OH is 1. The van der Waals surface area contributed by atoms with Crippen LogP contribution in [0.2, 0.25) is 0 Å². The van der Waals surface area contributed by atoms with Crippen molar-refractivity contribution in [1.29, 1.82) is 0 Å². The van der Waals surface area contributed by atoms with Gasteiger partial charge in [-0.15, -0.1) is 0 Å². The lowest BCUT2D eigenvalue weighted by Gasteiger charge is -2.61. The maximum absolute atomic E-state index is 12.9. The topological polar surface area (TPSA) is 72.8 Å². The van der Waals surface area contributed by atoms with Crippen molar-refractivity contribution in [1.82, 2.24) is 0 Å². The predicted molar refractivity (Wildman–Crippen MR) is 79.4 cm³/mol. The average molecular weight is 301 g/mol. The van der Waals surface area contributed by atoms with E-state index in [4.69, 9.17) is 4.74 Å². The fraction of sp³-hybridized carbons (Fsp3) is 0.529. The van der Waals surface area contributed by atoms with Gasteiger partial charge in [0, 0.05) is 24.3 Å². The van der Waals surface area contributed by atoms with E-state index in [0.717, 1.165) is 11.1 Å². The number of hydrogen-bond acceptors (Lipinski definition) is 4. The molecule has 2 heterocycles. The minimum atomic E-state index is -0.696. The fourth-order valence-corrected chi connectivity index (χ4v) is 5.39. The van der Waals surface area contributed by atoms with Crippen LogP contribution in [-0.2, 0) is 11.8 Å². The van der Waals surface area contributed by atoms with E-state index in [-0.39, 0.29) is 27.8 Å². The molecule has 1 aromatic rings. The van der Waals surface area contributed by atoms with Gasteiger partial charge in [-0.3, -0.25) is 0 Å². The monoisotopic (exact) mass is 301 g/mol. The first-order chi connectivity index (χ1) is 10.4. The summed E-state index contributed by atoms with van der Waals surface area (Å²) >= 11 is 0. The van der Waals surface area contributed by atoms with Crippen LogP contribution in [0, 0.1) is 11.1 Å². The summed E-state index contributed by atoms with van der Waals surface area (Å²) in [4.78, 5) is 0. The normalized spacial score (nSPS) is 47.0. The van der Waals surface area contributed by atoms with Crippen molar-refractivity contribution in [2.45, 2.75) is 36.5 Å². The molecule has 0 unspecified atom stereocenters. The summed E-state index contributed by atoms with van der Waals surface area (Å²) in [5.41, 5.74) is 1.78. The molecule has 4 aliphatic rings. The maximum atomic E-state index is 12.9. The molecule has 0 radical (unpaired) electrons. The van der Waals surface area contributed by atoms with Gasteiger partial charge in [0.2, 0.25) is 0 Å². The molecule has 1 spiro atoms. The Labute approximate surface area is 128 Å². The Morgan fingerprint density at radius 2 is 2.18 bits per heavy atom. The number of rotatable bonds is 0. The van der Waals surface area contributed by atoms with E-state index >= 15 is 0 Å². The van der Waals surface area contributed by atoms with Crippen LogP contribution in [-0.4, -0.2) is 46.7 Å². The van der Waals surface area contributed by atoms with Crippen LogP contribution in [0.1, 0.15) is 17.5 Å². The smallest absolute Gasteiger partial charge is 0.165 e. The third kappa shape index (κ3) is 1.23. The van der Waals surface area contributed by atoms with Crippen LogP contribution in [0.5, 0.6) is 11.5 Å². The van der Waals surface area contributed by atoms with Gasteiger partial charge in [0.25, 0.3) is 0 Å². The molecule has 2 aliphatic heterocycles. The van der Waals surface area contributed by atoms with E-state index in [2.05, 4.69) is 0 Å². The van der Waals surface area contributed by atoms with Crippen molar-refractivity contribution >= 4 is 0 Å². The Balaban J connectivity index is 1.84. The van der Waals surface area contributed by atoms with Crippen molar-refractivity contribution in [3.05, 3.63) is 40.6 Å². The highest BCUT2D eigenvalue weighted by molar-refractivity contribution is 5.61. The van der Waals surface area contributed by atoms with Gasteiger partial charge < -0.3 is 24.8 Å². The number of hydroxylamine groups is 3. The van der Waals surface area contributed by atoms with Gasteiger partial charge in [0.1, 0.15) is 12.2 Å². The van der Waals surface area contributed by atoms with Crippen LogP contribution in [0.25, 0.3) is 0 Å². The van der Waals surface area contributed by atoms with E-state index in [9.17, 15) is 15.4 Å². The molecule has 2 N–H and O–H groups in total. The van der Waals surface area contributed by atoms with E-state index < -0.39 is 12.2 Å². The number of aliphatic hydroxyl groups is 1. The van der Waals surface area contributed by atoms with Crippen molar-refractivity contribution in [3.63, 3.8) is 0 Å². The molecule has 6 atom stereocenters. The highest BCUT2D eigenvalue weighted by atomic mass is 16.5. The number of likely N-dealkylation sites (N-methyl/N-ethyl adjacent to an activating group) is 1. The van der Waals surface area contributed by atoms with E-state index in [1.54, 1.807) is 19.2 Å². The molecular weight excluding hydrogens is 282 g/mol. The lowest BCUT2D eigenvalue weighted by molar-refractivity contribution is -0.898. The molecule has 0 amide bonds. The fourth-order valence-electron chi connectivity index (χ4n) is 5.39. The van der Waals surface area contributed by atoms with Crippen LogP contribution in [0.15, 0.2) is 24.3 Å². The number of piperidine rings is 1. The third-order valence-electron chi connectivity index (χ3n) is 6.38. The molecule has 2 aliphatic carbocycles. The van der Waals surface area contributed by atoms with Gasteiger partial charge in [0.15, 0.2) is 11.5 Å². The Hall–Kier alpha value is -1.56. The molecule has 116 valence electrons. The van der Waals surface area contributed by atoms with E-state index in [0.29, 0.717) is 25.1 Å². The summed E-state index contributed by atoms with van der Waals surface area (Å²) in [6.07, 6.45) is 4.07. The number of benzene rings is 1. The Morgan fingerprint density at radius 1 is 1.36 bits per heavy atom. The summed E-state index contributed by atoms with van der Waals surface area (Å²) < 4.78 is 5.79.